The van der Waals surface area contributed by atoms with Gasteiger partial charge >= 0.3 is 0 Å². The monoisotopic (exact) mass is 529 g/mol. The van der Waals surface area contributed by atoms with Crippen LogP contribution in [0.15, 0.2) is 102 Å². The number of para-hydroxylation sites is 1. The number of aliphatic hydroxyl groups excluding tert-OH is 1. The molecule has 0 saturated carbocycles. The fraction of sp³-hybridized carbons (Fsp3) is 0.200. The molecule has 1 aromatic heterocycles. The Balaban J connectivity index is 1.11. The predicted molar refractivity (Wildman–Crippen MR) is 152 cm³/mol. The minimum absolute atomic E-state index is 0.169. The summed E-state index contributed by atoms with van der Waals surface area (Å²) in [6, 6.07) is 29.6. The molecule has 7 nitrogen and oxygen atoms in total. The van der Waals surface area contributed by atoms with E-state index in [4.69, 9.17) is 4.74 Å². The molecule has 0 spiro atoms. The molecule has 0 aliphatic heterocycles. The van der Waals surface area contributed by atoms with Crippen LogP contribution in [0.3, 0.4) is 0 Å². The summed E-state index contributed by atoms with van der Waals surface area (Å²) in [7, 11) is -3.62. The van der Waals surface area contributed by atoms with Gasteiger partial charge in [0, 0.05) is 35.1 Å². The molecule has 4 N–H and O–H groups in total. The maximum Gasteiger partial charge on any atom is 0.261 e. The number of benzene rings is 4. The van der Waals surface area contributed by atoms with E-state index in [-0.39, 0.29) is 17.4 Å². The van der Waals surface area contributed by atoms with Crippen LogP contribution in [-0.2, 0) is 10.0 Å². The number of fused-ring (bicyclic) bond motifs is 3. The number of sulfonamides is 1. The Morgan fingerprint density at radius 2 is 1.55 bits per heavy atom. The van der Waals surface area contributed by atoms with E-state index < -0.39 is 16.1 Å². The van der Waals surface area contributed by atoms with Crippen molar-refractivity contribution in [3.05, 3.63) is 103 Å². The van der Waals surface area contributed by atoms with Gasteiger partial charge in [-0.15, -0.1) is 0 Å². The van der Waals surface area contributed by atoms with E-state index in [1.54, 1.807) is 42.5 Å². The molecule has 8 heteroatoms. The van der Waals surface area contributed by atoms with Crippen LogP contribution in [0.4, 0.5) is 5.69 Å². The van der Waals surface area contributed by atoms with E-state index >= 15 is 0 Å². The van der Waals surface area contributed by atoms with E-state index in [2.05, 4.69) is 28.0 Å². The summed E-state index contributed by atoms with van der Waals surface area (Å²) in [5.74, 6) is 0.915. The van der Waals surface area contributed by atoms with Gasteiger partial charge in [-0.1, -0.05) is 61.5 Å². The Hall–Kier alpha value is -3.85. The molecule has 4 aromatic carbocycles. The van der Waals surface area contributed by atoms with Gasteiger partial charge in [0.25, 0.3) is 10.0 Å². The van der Waals surface area contributed by atoms with Crippen molar-refractivity contribution in [1.29, 1.82) is 0 Å². The van der Waals surface area contributed by atoms with Crippen molar-refractivity contribution in [2.24, 2.45) is 0 Å². The van der Waals surface area contributed by atoms with Crippen LogP contribution in [-0.4, -0.2) is 44.3 Å². The number of ether oxygens (including phenoxy) is 1. The Bertz CT molecular complexity index is 1620. The maximum atomic E-state index is 12.5. The largest absolute Gasteiger partial charge is 0.490 e. The first-order valence-corrected chi connectivity index (χ1v) is 14.1. The van der Waals surface area contributed by atoms with Gasteiger partial charge in [-0.3, -0.25) is 4.72 Å². The first-order chi connectivity index (χ1) is 18.4. The summed E-state index contributed by atoms with van der Waals surface area (Å²) >= 11 is 0. The molecule has 2 unspecified atom stereocenters. The van der Waals surface area contributed by atoms with Crippen LogP contribution in [0.2, 0.25) is 0 Å². The van der Waals surface area contributed by atoms with Gasteiger partial charge in [-0.2, -0.15) is 0 Å². The molecule has 5 rings (SSSR count). The second-order valence-corrected chi connectivity index (χ2v) is 11.1. The minimum atomic E-state index is -3.62. The van der Waals surface area contributed by atoms with Gasteiger partial charge in [-0.05, 0) is 53.9 Å². The molecule has 38 heavy (non-hydrogen) atoms. The number of H-pyrrole nitrogens is 1. The quantitative estimate of drug-likeness (QED) is 0.187. The summed E-state index contributed by atoms with van der Waals surface area (Å²) < 4.78 is 33.7. The highest BCUT2D eigenvalue weighted by molar-refractivity contribution is 7.92. The third kappa shape index (κ3) is 5.83. The number of anilines is 1. The molecule has 0 saturated heterocycles. The lowest BCUT2D eigenvalue weighted by Gasteiger charge is -2.17. The van der Waals surface area contributed by atoms with Crippen molar-refractivity contribution in [3.63, 3.8) is 0 Å². The lowest BCUT2D eigenvalue weighted by Crippen LogP contribution is -2.33. The SMILES string of the molecule is CC(CNCC(O)COc1cccc2[nH]c3ccccc3c12)c1ccc(NS(=O)(=O)c2ccccc2)cc1. The van der Waals surface area contributed by atoms with Gasteiger partial charge in [0.15, 0.2) is 0 Å². The Kier molecular flexibility index (Phi) is 7.64. The van der Waals surface area contributed by atoms with Crippen molar-refractivity contribution in [1.82, 2.24) is 10.3 Å². The molecular weight excluding hydrogens is 498 g/mol. The predicted octanol–water partition coefficient (Wildman–Crippen LogP) is 5.25. The fourth-order valence-corrected chi connectivity index (χ4v) is 5.59. The van der Waals surface area contributed by atoms with Gasteiger partial charge < -0.3 is 20.1 Å². The topological polar surface area (TPSA) is 103 Å². The second kappa shape index (κ2) is 11.3. The van der Waals surface area contributed by atoms with Gasteiger partial charge in [-0.25, -0.2) is 8.42 Å². The maximum absolute atomic E-state index is 12.5. The molecule has 0 bridgehead atoms. The number of hydrogen-bond acceptors (Lipinski definition) is 5. The van der Waals surface area contributed by atoms with Crippen molar-refractivity contribution >= 4 is 37.5 Å². The molecule has 196 valence electrons. The van der Waals surface area contributed by atoms with Crippen LogP contribution in [0, 0.1) is 0 Å². The smallest absolute Gasteiger partial charge is 0.261 e. The zero-order valence-electron chi connectivity index (χ0n) is 21.1. The Morgan fingerprint density at radius 1 is 0.842 bits per heavy atom. The molecule has 2 atom stereocenters. The molecule has 5 aromatic rings. The summed E-state index contributed by atoms with van der Waals surface area (Å²) in [5, 5.41) is 15.9. The highest BCUT2D eigenvalue weighted by Gasteiger charge is 2.15. The lowest BCUT2D eigenvalue weighted by atomic mass is 10.0. The third-order valence-electron chi connectivity index (χ3n) is 6.54. The van der Waals surface area contributed by atoms with Crippen molar-refractivity contribution in [2.75, 3.05) is 24.4 Å². The fourth-order valence-electron chi connectivity index (χ4n) is 4.51. The molecule has 0 aliphatic rings. The van der Waals surface area contributed by atoms with Crippen LogP contribution in [0.5, 0.6) is 5.75 Å². The normalized spacial score (nSPS) is 13.4. The first kappa shape index (κ1) is 25.8. The van der Waals surface area contributed by atoms with E-state index in [9.17, 15) is 13.5 Å². The second-order valence-electron chi connectivity index (χ2n) is 9.41. The summed E-state index contributed by atoms with van der Waals surface area (Å²) in [5.41, 5.74) is 3.63. The summed E-state index contributed by atoms with van der Waals surface area (Å²) in [6.45, 7) is 3.31. The number of hydrogen-bond donors (Lipinski definition) is 4. The number of nitrogens with one attached hydrogen (secondary N) is 3. The van der Waals surface area contributed by atoms with Gasteiger partial charge in [0.05, 0.1) is 10.4 Å². The Labute approximate surface area is 222 Å². The van der Waals surface area contributed by atoms with E-state index in [0.29, 0.717) is 18.8 Å². The number of aromatic nitrogens is 1. The highest BCUT2D eigenvalue weighted by Crippen LogP contribution is 2.33. The first-order valence-electron chi connectivity index (χ1n) is 12.6. The van der Waals surface area contributed by atoms with Crippen LogP contribution < -0.4 is 14.8 Å². The number of aromatic amines is 1. The average Bonchev–Trinajstić information content (AvgIpc) is 3.32. The molecule has 0 aliphatic carbocycles. The van der Waals surface area contributed by atoms with Crippen LogP contribution in [0.25, 0.3) is 21.8 Å². The molecule has 0 amide bonds. The summed E-state index contributed by atoms with van der Waals surface area (Å²) in [6.07, 6.45) is -0.669. The lowest BCUT2D eigenvalue weighted by molar-refractivity contribution is 0.107. The molecular formula is C30H31N3O4S. The average molecular weight is 530 g/mol. The molecule has 0 fully saturated rings. The summed E-state index contributed by atoms with van der Waals surface area (Å²) in [4.78, 5) is 3.63. The van der Waals surface area contributed by atoms with Gasteiger partial charge in [0.2, 0.25) is 0 Å². The molecule has 1 heterocycles. The van der Waals surface area contributed by atoms with E-state index in [0.717, 1.165) is 33.1 Å². The third-order valence-corrected chi connectivity index (χ3v) is 7.94. The van der Waals surface area contributed by atoms with E-state index in [1.165, 1.54) is 0 Å². The Morgan fingerprint density at radius 3 is 2.34 bits per heavy atom. The number of aliphatic hydroxyl groups is 1. The standard InChI is InChI=1S/C30H31N3O4S/c1-21(22-14-16-23(17-15-22)33-38(35,36)25-8-3-2-4-9-25)18-31-19-24(34)20-37-29-13-7-12-28-30(29)26-10-5-6-11-27(26)32-28/h2-17,21,24,31-34H,18-20H2,1H3. The van der Waals surface area contributed by atoms with Crippen LogP contribution in [0.1, 0.15) is 18.4 Å². The zero-order chi connectivity index (χ0) is 26.5. The molecule has 0 radical (unpaired) electrons. The highest BCUT2D eigenvalue weighted by atomic mass is 32.2. The number of rotatable bonds is 11. The van der Waals surface area contributed by atoms with E-state index in [1.807, 2.05) is 48.5 Å². The van der Waals surface area contributed by atoms with Gasteiger partial charge in [0.1, 0.15) is 18.5 Å². The van der Waals surface area contributed by atoms with Crippen molar-refractivity contribution in [2.45, 2.75) is 23.8 Å². The van der Waals surface area contributed by atoms with Crippen molar-refractivity contribution in [3.8, 4) is 5.75 Å². The zero-order valence-corrected chi connectivity index (χ0v) is 21.9. The van der Waals surface area contributed by atoms with Crippen LogP contribution >= 0.6 is 0 Å². The minimum Gasteiger partial charge on any atom is -0.490 e. The van der Waals surface area contributed by atoms with Crippen molar-refractivity contribution < 1.29 is 18.3 Å².